The molecule has 0 aliphatic carbocycles. The number of rotatable bonds is 3. The van der Waals surface area contributed by atoms with Gasteiger partial charge in [0.2, 0.25) is 0 Å². The second kappa shape index (κ2) is 5.85. The van der Waals surface area contributed by atoms with Crippen molar-refractivity contribution in [1.29, 1.82) is 0 Å². The van der Waals surface area contributed by atoms with E-state index in [0.29, 0.717) is 5.56 Å². The molecule has 0 N–H and O–H groups in total. The van der Waals surface area contributed by atoms with Crippen LogP contribution in [0, 0.1) is 0 Å². The first-order valence-corrected chi connectivity index (χ1v) is 8.44. The highest BCUT2D eigenvalue weighted by Crippen LogP contribution is 2.39. The van der Waals surface area contributed by atoms with E-state index in [9.17, 15) is 4.39 Å². The van der Waals surface area contributed by atoms with Gasteiger partial charge in [0, 0.05) is 17.1 Å². The second-order valence-electron chi connectivity index (χ2n) is 6.61. The maximum atomic E-state index is 14.4. The van der Waals surface area contributed by atoms with Crippen molar-refractivity contribution in [2.75, 3.05) is 0 Å². The van der Waals surface area contributed by atoms with Crippen LogP contribution in [0.15, 0.2) is 40.9 Å². The van der Waals surface area contributed by atoms with Gasteiger partial charge in [-0.3, -0.25) is 4.98 Å². The van der Waals surface area contributed by atoms with Crippen molar-refractivity contribution >= 4 is 24.5 Å². The minimum Gasteiger partial charge on any atom is -0.398 e. The van der Waals surface area contributed by atoms with Crippen LogP contribution in [-0.4, -0.2) is 23.3 Å². The third kappa shape index (κ3) is 3.25. The Bertz CT molecular complexity index is 695. The maximum absolute atomic E-state index is 14.4. The van der Waals surface area contributed by atoms with E-state index in [0.717, 1.165) is 11.3 Å². The number of hydrogen-bond donors (Lipinski definition) is 0. The molecule has 0 unspecified atom stereocenters. The summed E-state index contributed by atoms with van der Waals surface area (Å²) in [6.07, 6.45) is 3.06. The first-order valence-electron chi connectivity index (χ1n) is 7.50. The molecule has 23 heavy (non-hydrogen) atoms. The molecule has 1 aliphatic heterocycles. The molecule has 3 nitrogen and oxygen atoms in total. The number of hydrogen-bond acceptors (Lipinski definition) is 4. The van der Waals surface area contributed by atoms with Gasteiger partial charge >= 0.3 is 7.12 Å². The van der Waals surface area contributed by atoms with Crippen LogP contribution in [-0.2, 0) is 9.31 Å². The molecule has 0 aromatic carbocycles. The van der Waals surface area contributed by atoms with Crippen molar-refractivity contribution in [2.45, 2.75) is 38.9 Å². The molecule has 0 bridgehead atoms. The number of halogens is 1. The summed E-state index contributed by atoms with van der Waals surface area (Å²) in [5.74, 6) is 0. The molecule has 0 saturated carbocycles. The lowest BCUT2D eigenvalue weighted by Gasteiger charge is -2.32. The van der Waals surface area contributed by atoms with E-state index in [4.69, 9.17) is 9.31 Å². The first-order chi connectivity index (χ1) is 10.8. The summed E-state index contributed by atoms with van der Waals surface area (Å²) in [5.41, 5.74) is 1.06. The molecule has 0 radical (unpaired) electrons. The molecule has 0 spiro atoms. The molecule has 1 aliphatic rings. The Balaban J connectivity index is 1.77. The van der Waals surface area contributed by atoms with Crippen molar-refractivity contribution in [1.82, 2.24) is 4.98 Å². The van der Waals surface area contributed by atoms with Gasteiger partial charge in [-0.25, -0.2) is 4.39 Å². The van der Waals surface area contributed by atoms with E-state index in [1.807, 2.05) is 56.7 Å². The van der Waals surface area contributed by atoms with Crippen molar-refractivity contribution in [3.63, 3.8) is 0 Å². The average Bonchev–Trinajstić information content (AvgIpc) is 3.07. The Hall–Kier alpha value is -1.50. The second-order valence-corrected chi connectivity index (χ2v) is 7.39. The summed E-state index contributed by atoms with van der Waals surface area (Å²) in [6, 6.07) is 5.73. The molecule has 120 valence electrons. The highest BCUT2D eigenvalue weighted by molar-refractivity contribution is 7.08. The molecule has 1 fully saturated rings. The van der Waals surface area contributed by atoms with Crippen LogP contribution in [0.25, 0.3) is 17.3 Å². The van der Waals surface area contributed by atoms with Gasteiger partial charge in [-0.05, 0) is 56.8 Å². The molecule has 3 heterocycles. The van der Waals surface area contributed by atoms with Crippen LogP contribution >= 0.6 is 11.3 Å². The lowest BCUT2D eigenvalue weighted by atomic mass is 9.87. The molecular weight excluding hydrogens is 312 g/mol. The molecule has 1 saturated heterocycles. The maximum Gasteiger partial charge on any atom is 0.525 e. The quantitative estimate of drug-likeness (QED) is 0.761. The Kier molecular flexibility index (Phi) is 4.17. The van der Waals surface area contributed by atoms with Crippen LogP contribution in [0.1, 0.15) is 33.3 Å². The highest BCUT2D eigenvalue weighted by Gasteiger charge is 2.53. The van der Waals surface area contributed by atoms with E-state index in [2.05, 4.69) is 4.98 Å². The van der Waals surface area contributed by atoms with Crippen LogP contribution < -0.4 is 0 Å². The van der Waals surface area contributed by atoms with Crippen molar-refractivity contribution in [3.8, 4) is 11.3 Å². The van der Waals surface area contributed by atoms with Crippen LogP contribution in [0.5, 0.6) is 0 Å². The normalized spacial score (nSPS) is 20.0. The fraction of sp³-hybridized carbons (Fsp3) is 0.353. The van der Waals surface area contributed by atoms with Crippen LogP contribution in [0.2, 0.25) is 0 Å². The van der Waals surface area contributed by atoms with Crippen molar-refractivity contribution in [3.05, 3.63) is 46.4 Å². The standard InChI is InChI=1S/C17H19BFNO2S/c1-16(2)17(3,4)22-18(21-16)15(19)9-12-5-6-14(20-10-12)13-7-8-23-11-13/h5-11H,1-4H3. The largest absolute Gasteiger partial charge is 0.525 e. The van der Waals surface area contributed by atoms with E-state index in [1.165, 1.54) is 6.08 Å². The minimum absolute atomic E-state index is 0.450. The summed E-state index contributed by atoms with van der Waals surface area (Å²) in [7, 11) is -0.975. The fourth-order valence-electron chi connectivity index (χ4n) is 2.25. The van der Waals surface area contributed by atoms with E-state index >= 15 is 0 Å². The van der Waals surface area contributed by atoms with Crippen LogP contribution in [0.3, 0.4) is 0 Å². The van der Waals surface area contributed by atoms with Gasteiger partial charge in [0.1, 0.15) is 5.73 Å². The van der Waals surface area contributed by atoms with Gasteiger partial charge in [0.25, 0.3) is 0 Å². The van der Waals surface area contributed by atoms with E-state index in [1.54, 1.807) is 17.5 Å². The third-order valence-corrected chi connectivity index (χ3v) is 5.07. The Morgan fingerprint density at radius 3 is 2.39 bits per heavy atom. The lowest BCUT2D eigenvalue weighted by Crippen LogP contribution is -2.41. The lowest BCUT2D eigenvalue weighted by molar-refractivity contribution is 0.00578. The number of nitrogens with zero attached hydrogens (tertiary/aromatic N) is 1. The molecule has 2 aromatic heterocycles. The molecule has 0 amide bonds. The summed E-state index contributed by atoms with van der Waals surface area (Å²) in [5, 5.41) is 4.03. The summed E-state index contributed by atoms with van der Waals surface area (Å²) >= 11 is 1.62. The van der Waals surface area contributed by atoms with Gasteiger partial charge in [0.05, 0.1) is 16.9 Å². The van der Waals surface area contributed by atoms with Gasteiger partial charge in [-0.2, -0.15) is 11.3 Å². The number of aromatic nitrogens is 1. The van der Waals surface area contributed by atoms with Crippen LogP contribution in [0.4, 0.5) is 4.39 Å². The van der Waals surface area contributed by atoms with E-state index in [-0.39, 0.29) is 0 Å². The molecule has 0 atom stereocenters. The van der Waals surface area contributed by atoms with E-state index < -0.39 is 24.0 Å². The predicted molar refractivity (Wildman–Crippen MR) is 92.7 cm³/mol. The summed E-state index contributed by atoms with van der Waals surface area (Å²) in [6.45, 7) is 7.60. The topological polar surface area (TPSA) is 31.4 Å². The zero-order chi connectivity index (χ0) is 16.7. The Labute approximate surface area is 140 Å². The van der Waals surface area contributed by atoms with Gasteiger partial charge in [-0.1, -0.05) is 6.07 Å². The average molecular weight is 331 g/mol. The SMILES string of the molecule is CC1(C)OB(C(F)=Cc2ccc(-c3ccsc3)nc2)OC1(C)C. The predicted octanol–water partition coefficient (Wildman–Crippen LogP) is 4.75. The molecular formula is C17H19BFNO2S. The van der Waals surface area contributed by atoms with Crippen molar-refractivity contribution < 1.29 is 13.7 Å². The Morgan fingerprint density at radius 2 is 1.87 bits per heavy atom. The number of pyridine rings is 1. The monoisotopic (exact) mass is 331 g/mol. The van der Waals surface area contributed by atoms with Gasteiger partial charge in [-0.15, -0.1) is 0 Å². The third-order valence-electron chi connectivity index (χ3n) is 4.39. The minimum atomic E-state index is -0.975. The number of thiophene rings is 1. The zero-order valence-electron chi connectivity index (χ0n) is 13.7. The Morgan fingerprint density at radius 1 is 1.17 bits per heavy atom. The molecule has 2 aromatic rings. The first kappa shape index (κ1) is 16.4. The fourth-order valence-corrected chi connectivity index (χ4v) is 2.90. The van der Waals surface area contributed by atoms with Crippen molar-refractivity contribution in [2.24, 2.45) is 0 Å². The molecule has 6 heteroatoms. The smallest absolute Gasteiger partial charge is 0.398 e. The summed E-state index contributed by atoms with van der Waals surface area (Å²) < 4.78 is 25.8. The highest BCUT2D eigenvalue weighted by atomic mass is 32.1. The van der Waals surface area contributed by atoms with Gasteiger partial charge < -0.3 is 9.31 Å². The molecule has 3 rings (SSSR count). The zero-order valence-corrected chi connectivity index (χ0v) is 14.5. The van der Waals surface area contributed by atoms with Gasteiger partial charge in [0.15, 0.2) is 0 Å². The summed E-state index contributed by atoms with van der Waals surface area (Å²) in [4.78, 5) is 4.37.